The van der Waals surface area contributed by atoms with Gasteiger partial charge in [-0.2, -0.15) is 16.3 Å². The van der Waals surface area contributed by atoms with Crippen LogP contribution < -0.4 is 14.8 Å². The van der Waals surface area contributed by atoms with E-state index in [1.54, 1.807) is 11.6 Å². The molecular formula is C12H12N4O6S2. The Hall–Kier alpha value is -2.73. The number of ether oxygens (including phenoxy) is 1. The van der Waals surface area contributed by atoms with Gasteiger partial charge in [0.25, 0.3) is 10.0 Å². The molecule has 2 heterocycles. The molecule has 10 nitrogen and oxygen atoms in total. The van der Waals surface area contributed by atoms with Crippen molar-refractivity contribution in [2.45, 2.75) is 11.8 Å². The molecule has 0 unspecified atom stereocenters. The first kappa shape index (κ1) is 17.6. The number of urea groups is 1. The zero-order valence-corrected chi connectivity index (χ0v) is 14.1. The molecule has 3 N–H and O–H groups in total. The molecule has 2 rings (SSSR count). The molecule has 2 amide bonds. The summed E-state index contributed by atoms with van der Waals surface area (Å²) in [7, 11) is -2.98. The Morgan fingerprint density at radius 1 is 1.29 bits per heavy atom. The molecule has 0 atom stereocenters. The predicted molar refractivity (Wildman–Crippen MR) is 83.9 cm³/mol. The van der Waals surface area contributed by atoms with Crippen molar-refractivity contribution < 1.29 is 27.9 Å². The third kappa shape index (κ3) is 3.97. The van der Waals surface area contributed by atoms with Crippen LogP contribution in [0.15, 0.2) is 21.7 Å². The molecule has 0 aromatic carbocycles. The summed E-state index contributed by atoms with van der Waals surface area (Å²) < 4.78 is 30.8. The van der Waals surface area contributed by atoms with Crippen LogP contribution in [-0.2, 0) is 10.0 Å². The number of hydrogen-bond donors (Lipinski definition) is 3. The standard InChI is InChI=1S/C12H12N4O6S2/c1-6-3-9(22-2)14-11(13-6)15-12(19)16-24(20,21)8-5-23-4-7(8)10(17)18/h3-5H,1-2H3,(H,17,18)(H2,13,14,15,16,19). The van der Waals surface area contributed by atoms with Crippen LogP contribution >= 0.6 is 11.3 Å². The molecule has 0 aliphatic heterocycles. The second-order valence-corrected chi connectivity index (χ2v) is 6.78. The fourth-order valence-electron chi connectivity index (χ4n) is 1.65. The van der Waals surface area contributed by atoms with E-state index in [-0.39, 0.29) is 11.8 Å². The monoisotopic (exact) mass is 372 g/mol. The molecule has 0 radical (unpaired) electrons. The van der Waals surface area contributed by atoms with Gasteiger partial charge in [0.15, 0.2) is 0 Å². The smallest absolute Gasteiger partial charge is 0.337 e. The number of nitrogens with zero attached hydrogens (tertiary/aromatic N) is 2. The van der Waals surface area contributed by atoms with Crippen LogP contribution in [0.4, 0.5) is 10.7 Å². The molecule has 0 fully saturated rings. The van der Waals surface area contributed by atoms with E-state index < -0.39 is 32.5 Å². The van der Waals surface area contributed by atoms with Crippen LogP contribution in [0.5, 0.6) is 5.88 Å². The number of carboxylic acid groups (broad SMARTS) is 1. The van der Waals surface area contributed by atoms with Gasteiger partial charge in [-0.1, -0.05) is 0 Å². The molecule has 0 saturated heterocycles. The summed E-state index contributed by atoms with van der Waals surface area (Å²) in [6, 6.07) is 0.384. The van der Waals surface area contributed by atoms with Crippen molar-refractivity contribution in [3.05, 3.63) is 28.1 Å². The number of carboxylic acids is 1. The highest BCUT2D eigenvalue weighted by Gasteiger charge is 2.25. The number of aryl methyl sites for hydroxylation is 1. The lowest BCUT2D eigenvalue weighted by Gasteiger charge is -2.08. The van der Waals surface area contributed by atoms with Crippen molar-refractivity contribution in [2.75, 3.05) is 12.4 Å². The minimum absolute atomic E-state index is 0.164. The first-order chi connectivity index (χ1) is 11.2. The number of anilines is 1. The molecule has 128 valence electrons. The third-order valence-electron chi connectivity index (χ3n) is 2.64. The van der Waals surface area contributed by atoms with Gasteiger partial charge in [-0.3, -0.25) is 5.32 Å². The Bertz CT molecular complexity index is 893. The quantitative estimate of drug-likeness (QED) is 0.706. The lowest BCUT2D eigenvalue weighted by Crippen LogP contribution is -2.35. The maximum Gasteiger partial charge on any atom is 0.337 e. The van der Waals surface area contributed by atoms with Gasteiger partial charge < -0.3 is 9.84 Å². The lowest BCUT2D eigenvalue weighted by atomic mass is 10.3. The van der Waals surface area contributed by atoms with E-state index in [2.05, 4.69) is 15.3 Å². The third-order valence-corrected chi connectivity index (χ3v) is 4.90. The van der Waals surface area contributed by atoms with Crippen LogP contribution in [0.2, 0.25) is 0 Å². The highest BCUT2D eigenvalue weighted by molar-refractivity contribution is 7.90. The number of methoxy groups -OCH3 is 1. The van der Waals surface area contributed by atoms with Crippen molar-refractivity contribution in [1.29, 1.82) is 0 Å². The molecule has 12 heteroatoms. The van der Waals surface area contributed by atoms with E-state index in [1.165, 1.54) is 13.2 Å². The van der Waals surface area contributed by atoms with E-state index in [1.807, 2.05) is 0 Å². The number of aromatic nitrogens is 2. The van der Waals surface area contributed by atoms with Crippen LogP contribution in [0.1, 0.15) is 16.1 Å². The van der Waals surface area contributed by atoms with E-state index in [0.717, 1.165) is 22.1 Å². The normalized spacial score (nSPS) is 10.9. The highest BCUT2D eigenvalue weighted by atomic mass is 32.2. The van der Waals surface area contributed by atoms with Crippen molar-refractivity contribution >= 4 is 39.3 Å². The van der Waals surface area contributed by atoms with Crippen molar-refractivity contribution in [3.63, 3.8) is 0 Å². The average molecular weight is 372 g/mol. The van der Waals surface area contributed by atoms with Gasteiger partial charge in [-0.05, 0) is 6.92 Å². The lowest BCUT2D eigenvalue weighted by molar-refractivity contribution is 0.0693. The van der Waals surface area contributed by atoms with Crippen LogP contribution in [-0.4, -0.2) is 42.6 Å². The zero-order valence-electron chi connectivity index (χ0n) is 12.4. The zero-order chi connectivity index (χ0) is 17.9. The van der Waals surface area contributed by atoms with Crippen molar-refractivity contribution in [2.24, 2.45) is 0 Å². The van der Waals surface area contributed by atoms with Gasteiger partial charge in [0, 0.05) is 22.5 Å². The number of hydrogen-bond acceptors (Lipinski definition) is 8. The summed E-state index contributed by atoms with van der Waals surface area (Å²) in [6.45, 7) is 1.63. The van der Waals surface area contributed by atoms with Gasteiger partial charge in [-0.25, -0.2) is 27.7 Å². The number of nitrogens with one attached hydrogen (secondary N) is 2. The second-order valence-electron chi connectivity index (χ2n) is 4.39. The maximum atomic E-state index is 12.1. The minimum atomic E-state index is -4.36. The molecule has 24 heavy (non-hydrogen) atoms. The summed E-state index contributed by atoms with van der Waals surface area (Å²) in [5.41, 5.74) is 0.0692. The number of thiophene rings is 1. The van der Waals surface area contributed by atoms with Gasteiger partial charge in [0.05, 0.1) is 12.7 Å². The molecule has 0 aliphatic rings. The molecular weight excluding hydrogens is 360 g/mol. The Kier molecular flexibility index (Phi) is 4.99. The van der Waals surface area contributed by atoms with E-state index in [9.17, 15) is 18.0 Å². The Morgan fingerprint density at radius 3 is 2.62 bits per heavy atom. The summed E-state index contributed by atoms with van der Waals surface area (Å²) >= 11 is 0.886. The van der Waals surface area contributed by atoms with Crippen LogP contribution in [0.3, 0.4) is 0 Å². The Balaban J connectivity index is 2.18. The Labute approximate surface area is 140 Å². The molecule has 0 bridgehead atoms. The SMILES string of the molecule is COc1cc(C)nc(NC(=O)NS(=O)(=O)c2cscc2C(=O)O)n1. The second kappa shape index (κ2) is 6.80. The van der Waals surface area contributed by atoms with Gasteiger partial charge in [0.1, 0.15) is 4.90 Å². The van der Waals surface area contributed by atoms with Crippen molar-refractivity contribution in [3.8, 4) is 5.88 Å². The molecule has 0 aliphatic carbocycles. The van der Waals surface area contributed by atoms with Crippen molar-refractivity contribution in [1.82, 2.24) is 14.7 Å². The molecule has 2 aromatic rings. The van der Waals surface area contributed by atoms with E-state index >= 15 is 0 Å². The minimum Gasteiger partial charge on any atom is -0.481 e. The van der Waals surface area contributed by atoms with E-state index in [0.29, 0.717) is 5.69 Å². The summed E-state index contributed by atoms with van der Waals surface area (Å²) in [5.74, 6) is -1.39. The van der Waals surface area contributed by atoms with Gasteiger partial charge in [0.2, 0.25) is 11.8 Å². The summed E-state index contributed by atoms with van der Waals surface area (Å²) in [4.78, 5) is 30.1. The number of aromatic carboxylic acids is 1. The van der Waals surface area contributed by atoms with Gasteiger partial charge >= 0.3 is 12.0 Å². The molecule has 0 spiro atoms. The topological polar surface area (TPSA) is 148 Å². The van der Waals surface area contributed by atoms with Gasteiger partial charge in [-0.15, -0.1) is 0 Å². The average Bonchev–Trinajstić information content (AvgIpc) is 2.96. The van der Waals surface area contributed by atoms with Crippen LogP contribution in [0.25, 0.3) is 0 Å². The summed E-state index contributed by atoms with van der Waals surface area (Å²) in [5, 5.41) is 13.4. The number of sulfonamides is 1. The molecule has 2 aromatic heterocycles. The fraction of sp³-hybridized carbons (Fsp3) is 0.167. The highest BCUT2D eigenvalue weighted by Crippen LogP contribution is 2.20. The first-order valence-electron chi connectivity index (χ1n) is 6.26. The number of rotatable bonds is 5. The Morgan fingerprint density at radius 2 is 2.00 bits per heavy atom. The summed E-state index contributed by atoms with van der Waals surface area (Å²) in [6.07, 6.45) is 0. The largest absolute Gasteiger partial charge is 0.481 e. The van der Waals surface area contributed by atoms with Crippen LogP contribution in [0, 0.1) is 6.92 Å². The van der Waals surface area contributed by atoms with E-state index in [4.69, 9.17) is 9.84 Å². The number of carbonyl (C=O) groups excluding carboxylic acids is 1. The number of carbonyl (C=O) groups is 2. The number of amides is 2. The fourth-order valence-corrected chi connectivity index (χ4v) is 3.92. The predicted octanol–water partition coefficient (Wildman–Crippen LogP) is 1.06. The maximum absolute atomic E-state index is 12.1. The first-order valence-corrected chi connectivity index (χ1v) is 8.68. The molecule has 0 saturated carbocycles.